The predicted octanol–water partition coefficient (Wildman–Crippen LogP) is 4.86. The topological polar surface area (TPSA) is 76.5 Å². The summed E-state index contributed by atoms with van der Waals surface area (Å²) in [6.45, 7) is 0.986. The number of carbonyl (C=O) groups is 2. The largest absolute Gasteiger partial charge is 0.376 e. The molecular weight excluding hydrogens is 460 g/mol. The fourth-order valence-electron chi connectivity index (χ4n) is 4.15. The zero-order valence-corrected chi connectivity index (χ0v) is 20.0. The number of hydrogen-bond acceptors (Lipinski definition) is 5. The van der Waals surface area contributed by atoms with Crippen LogP contribution in [-0.4, -0.2) is 52.1 Å². The third-order valence-corrected chi connectivity index (χ3v) is 6.72. The third kappa shape index (κ3) is 5.50. The number of anilines is 1. The molecule has 8 heteroatoms. The maximum atomic E-state index is 13.2. The van der Waals surface area contributed by atoms with Gasteiger partial charge in [0.05, 0.1) is 16.7 Å². The second-order valence-electron chi connectivity index (χ2n) is 8.37. The lowest BCUT2D eigenvalue weighted by atomic mass is 10.2. The number of aromatic nitrogens is 2. The molecule has 2 aromatic heterocycles. The van der Waals surface area contributed by atoms with E-state index in [1.165, 1.54) is 11.3 Å². The molecule has 1 atom stereocenters. The molecule has 4 aromatic rings. The fraction of sp³-hybridized carbons (Fsp3) is 0.222. The molecule has 1 aliphatic heterocycles. The van der Waals surface area contributed by atoms with Crippen molar-refractivity contribution in [2.75, 3.05) is 25.0 Å². The van der Waals surface area contributed by atoms with Crippen LogP contribution in [0.25, 0.3) is 16.9 Å². The van der Waals surface area contributed by atoms with Crippen molar-refractivity contribution in [3.8, 4) is 16.9 Å². The van der Waals surface area contributed by atoms with E-state index in [-0.39, 0.29) is 24.5 Å². The van der Waals surface area contributed by atoms with E-state index >= 15 is 0 Å². The Kier molecular flexibility index (Phi) is 7.02. The van der Waals surface area contributed by atoms with Gasteiger partial charge in [-0.25, -0.2) is 4.98 Å². The summed E-state index contributed by atoms with van der Waals surface area (Å²) in [6.07, 6.45) is 3.70. The highest BCUT2D eigenvalue weighted by atomic mass is 32.1. The van der Waals surface area contributed by atoms with Crippen molar-refractivity contribution in [2.45, 2.75) is 18.9 Å². The van der Waals surface area contributed by atoms with Crippen LogP contribution in [0.5, 0.6) is 0 Å². The molecule has 178 valence electrons. The number of imidazole rings is 1. The van der Waals surface area contributed by atoms with Crippen molar-refractivity contribution in [3.63, 3.8) is 0 Å². The molecule has 2 aromatic carbocycles. The first kappa shape index (κ1) is 23.0. The maximum absolute atomic E-state index is 13.2. The summed E-state index contributed by atoms with van der Waals surface area (Å²) < 4.78 is 7.59. The lowest BCUT2D eigenvalue weighted by Gasteiger charge is -2.24. The number of carbonyl (C=O) groups excluding carboxylic acids is 2. The average Bonchev–Trinajstić information content (AvgIpc) is 3.67. The van der Waals surface area contributed by atoms with Crippen LogP contribution in [0.3, 0.4) is 0 Å². The quantitative estimate of drug-likeness (QED) is 0.386. The van der Waals surface area contributed by atoms with E-state index in [0.717, 1.165) is 29.8 Å². The number of ether oxygens (including phenoxy) is 1. The van der Waals surface area contributed by atoms with E-state index < -0.39 is 0 Å². The minimum absolute atomic E-state index is 0.0531. The molecule has 1 aliphatic rings. The molecule has 1 unspecified atom stereocenters. The number of benzene rings is 2. The summed E-state index contributed by atoms with van der Waals surface area (Å²) >= 11 is 1.37. The van der Waals surface area contributed by atoms with Gasteiger partial charge < -0.3 is 9.64 Å². The molecule has 0 bridgehead atoms. The van der Waals surface area contributed by atoms with Crippen LogP contribution in [0.1, 0.15) is 22.5 Å². The van der Waals surface area contributed by atoms with Crippen molar-refractivity contribution in [1.82, 2.24) is 14.5 Å². The Balaban J connectivity index is 1.39. The normalized spacial score (nSPS) is 15.1. The van der Waals surface area contributed by atoms with Gasteiger partial charge in [-0.05, 0) is 36.4 Å². The Morgan fingerprint density at radius 1 is 1.06 bits per heavy atom. The van der Waals surface area contributed by atoms with E-state index in [1.807, 2.05) is 82.9 Å². The Morgan fingerprint density at radius 2 is 1.83 bits per heavy atom. The molecule has 1 N–H and O–H groups in total. The van der Waals surface area contributed by atoms with Gasteiger partial charge in [0, 0.05) is 30.6 Å². The summed E-state index contributed by atoms with van der Waals surface area (Å²) in [5.74, 6) is -0.0713. The number of rotatable bonds is 8. The smallest absolute Gasteiger partial charge is 0.264 e. The molecule has 0 aliphatic carbocycles. The van der Waals surface area contributed by atoms with Gasteiger partial charge in [-0.15, -0.1) is 11.3 Å². The molecule has 0 spiro atoms. The maximum Gasteiger partial charge on any atom is 0.264 e. The van der Waals surface area contributed by atoms with Crippen LogP contribution in [0.15, 0.2) is 84.4 Å². The number of para-hydroxylation sites is 1. The molecule has 5 rings (SSSR count). The van der Waals surface area contributed by atoms with Crippen molar-refractivity contribution < 1.29 is 14.3 Å². The Bertz CT molecular complexity index is 1270. The summed E-state index contributed by atoms with van der Waals surface area (Å²) in [6, 6.07) is 23.2. The van der Waals surface area contributed by atoms with E-state index in [9.17, 15) is 9.59 Å². The lowest BCUT2D eigenvalue weighted by molar-refractivity contribution is -0.117. The van der Waals surface area contributed by atoms with E-state index in [4.69, 9.17) is 9.72 Å². The van der Waals surface area contributed by atoms with Crippen LogP contribution in [0.2, 0.25) is 0 Å². The van der Waals surface area contributed by atoms with Crippen LogP contribution in [0, 0.1) is 0 Å². The molecule has 1 saturated heterocycles. The SMILES string of the molecule is O=C(CN(CC1CCCO1)C(=O)c1cccs1)Nc1nc(-c2ccccc2)cn1-c1ccccc1. The van der Waals surface area contributed by atoms with Gasteiger partial charge in [0.15, 0.2) is 0 Å². The third-order valence-electron chi connectivity index (χ3n) is 5.86. The summed E-state index contributed by atoms with van der Waals surface area (Å²) in [5, 5.41) is 4.80. The molecule has 2 amide bonds. The molecule has 0 radical (unpaired) electrons. The Morgan fingerprint density at radius 3 is 2.51 bits per heavy atom. The highest BCUT2D eigenvalue weighted by Crippen LogP contribution is 2.24. The first-order valence-electron chi connectivity index (χ1n) is 11.6. The number of hydrogen-bond donors (Lipinski definition) is 1. The van der Waals surface area contributed by atoms with Crippen LogP contribution in [-0.2, 0) is 9.53 Å². The second-order valence-corrected chi connectivity index (χ2v) is 9.32. The minimum atomic E-state index is -0.310. The van der Waals surface area contributed by atoms with Gasteiger partial charge in [-0.2, -0.15) is 0 Å². The van der Waals surface area contributed by atoms with Crippen LogP contribution >= 0.6 is 11.3 Å². The zero-order chi connectivity index (χ0) is 24.0. The van der Waals surface area contributed by atoms with Gasteiger partial charge in [-0.3, -0.25) is 19.5 Å². The Labute approximate surface area is 208 Å². The van der Waals surface area contributed by atoms with Gasteiger partial charge in [0.2, 0.25) is 11.9 Å². The van der Waals surface area contributed by atoms with Crippen LogP contribution in [0.4, 0.5) is 5.95 Å². The highest BCUT2D eigenvalue weighted by molar-refractivity contribution is 7.12. The van der Waals surface area contributed by atoms with Crippen molar-refractivity contribution in [2.24, 2.45) is 0 Å². The standard InChI is InChI=1S/C27H26N4O3S/c32-25(19-30(17-22-13-7-15-34-22)26(33)24-14-8-16-35-24)29-27-28-23(20-9-3-1-4-10-20)18-31(27)21-11-5-2-6-12-21/h1-6,8-12,14,16,18,22H,7,13,15,17,19H2,(H,28,29,32). The number of amides is 2. The monoisotopic (exact) mass is 486 g/mol. The average molecular weight is 487 g/mol. The molecule has 35 heavy (non-hydrogen) atoms. The number of nitrogens with one attached hydrogen (secondary N) is 1. The summed E-state index contributed by atoms with van der Waals surface area (Å²) in [4.78, 5) is 33.2. The van der Waals surface area contributed by atoms with Gasteiger partial charge in [0.25, 0.3) is 5.91 Å². The van der Waals surface area contributed by atoms with Crippen LogP contribution < -0.4 is 5.32 Å². The van der Waals surface area contributed by atoms with E-state index in [1.54, 1.807) is 11.0 Å². The highest BCUT2D eigenvalue weighted by Gasteiger charge is 2.26. The van der Waals surface area contributed by atoms with E-state index in [2.05, 4.69) is 5.32 Å². The van der Waals surface area contributed by atoms with E-state index in [0.29, 0.717) is 24.0 Å². The first-order chi connectivity index (χ1) is 17.2. The molecule has 0 saturated carbocycles. The fourth-order valence-corrected chi connectivity index (χ4v) is 4.84. The van der Waals surface area contributed by atoms with Crippen molar-refractivity contribution in [1.29, 1.82) is 0 Å². The van der Waals surface area contributed by atoms with Crippen molar-refractivity contribution in [3.05, 3.63) is 89.3 Å². The van der Waals surface area contributed by atoms with Gasteiger partial charge >= 0.3 is 0 Å². The van der Waals surface area contributed by atoms with Gasteiger partial charge in [-0.1, -0.05) is 54.6 Å². The molecule has 7 nitrogen and oxygen atoms in total. The second kappa shape index (κ2) is 10.7. The van der Waals surface area contributed by atoms with Crippen molar-refractivity contribution >= 4 is 29.1 Å². The molecule has 3 heterocycles. The lowest BCUT2D eigenvalue weighted by Crippen LogP contribution is -2.42. The molecule has 1 fully saturated rings. The minimum Gasteiger partial charge on any atom is -0.376 e. The first-order valence-corrected chi connectivity index (χ1v) is 12.5. The number of nitrogens with zero attached hydrogens (tertiary/aromatic N) is 3. The zero-order valence-electron chi connectivity index (χ0n) is 19.2. The molecular formula is C27H26N4O3S. The van der Waals surface area contributed by atoms with Gasteiger partial charge in [0.1, 0.15) is 6.54 Å². The summed E-state index contributed by atoms with van der Waals surface area (Å²) in [7, 11) is 0. The predicted molar refractivity (Wildman–Crippen MR) is 137 cm³/mol. The summed E-state index contributed by atoms with van der Waals surface area (Å²) in [5.41, 5.74) is 2.57. The Hall–Kier alpha value is -3.75. The number of thiophene rings is 1.